The van der Waals surface area contributed by atoms with Crippen molar-refractivity contribution in [2.24, 2.45) is 0 Å². The van der Waals surface area contributed by atoms with E-state index in [2.05, 4.69) is 20.9 Å². The first-order valence-corrected chi connectivity index (χ1v) is 9.07. The van der Waals surface area contributed by atoms with Crippen molar-refractivity contribution < 1.29 is 9.90 Å². The Balaban J connectivity index is 1.61. The summed E-state index contributed by atoms with van der Waals surface area (Å²) in [7, 11) is 0. The molecule has 1 fully saturated rings. The van der Waals surface area contributed by atoms with E-state index in [0.29, 0.717) is 12.3 Å². The first kappa shape index (κ1) is 18.3. The number of anilines is 1. The summed E-state index contributed by atoms with van der Waals surface area (Å²) in [6.45, 7) is 12.2. The summed E-state index contributed by atoms with van der Waals surface area (Å²) in [6.07, 6.45) is 1.85. The largest absolute Gasteiger partial charge is 0.506 e. The van der Waals surface area contributed by atoms with Crippen LogP contribution in [0.4, 0.5) is 5.69 Å². The molecule has 1 aromatic heterocycles. The molecule has 1 aliphatic rings. The van der Waals surface area contributed by atoms with Crippen molar-refractivity contribution in [1.29, 1.82) is 0 Å². The number of Topliss-reactive ketones (excluding diaryl/α,β-unsaturated/α-hetero) is 1. The number of rotatable bonds is 6. The Labute approximate surface area is 155 Å². The highest BCUT2D eigenvalue weighted by Gasteiger charge is 2.23. The molecule has 1 aromatic carbocycles. The summed E-state index contributed by atoms with van der Waals surface area (Å²) in [5.41, 5.74) is 3.79. The summed E-state index contributed by atoms with van der Waals surface area (Å²) in [4.78, 5) is 17.1. The van der Waals surface area contributed by atoms with Crippen molar-refractivity contribution in [3.8, 4) is 5.75 Å². The molecule has 0 bridgehead atoms. The van der Waals surface area contributed by atoms with Crippen LogP contribution in [0.2, 0.25) is 0 Å². The average Bonchev–Trinajstić information content (AvgIpc) is 2.92. The van der Waals surface area contributed by atoms with E-state index in [9.17, 15) is 9.90 Å². The molecule has 5 heteroatoms. The van der Waals surface area contributed by atoms with Gasteiger partial charge in [0.15, 0.2) is 5.78 Å². The molecule has 0 spiro atoms. The number of aryl methyl sites for hydroxylation is 1. The highest BCUT2D eigenvalue weighted by molar-refractivity contribution is 5.99. The molecule has 1 saturated heterocycles. The van der Waals surface area contributed by atoms with Crippen molar-refractivity contribution in [3.05, 3.63) is 59.9 Å². The number of phenolic OH excluding ortho intramolecular Hbond substituents is 1. The van der Waals surface area contributed by atoms with Gasteiger partial charge in [-0.15, -0.1) is 6.58 Å². The molecule has 0 atom stereocenters. The van der Waals surface area contributed by atoms with Crippen LogP contribution in [0.3, 0.4) is 0 Å². The van der Waals surface area contributed by atoms with Gasteiger partial charge < -0.3 is 14.6 Å². The number of carbonyl (C=O) groups is 1. The fraction of sp³-hybridized carbons (Fsp3) is 0.381. The molecule has 2 heterocycles. The van der Waals surface area contributed by atoms with Gasteiger partial charge >= 0.3 is 0 Å². The van der Waals surface area contributed by atoms with Gasteiger partial charge in [-0.25, -0.2) is 0 Å². The van der Waals surface area contributed by atoms with E-state index in [-0.39, 0.29) is 5.78 Å². The topological polar surface area (TPSA) is 48.7 Å². The molecule has 2 aromatic rings. The van der Waals surface area contributed by atoms with Gasteiger partial charge in [0.1, 0.15) is 5.75 Å². The summed E-state index contributed by atoms with van der Waals surface area (Å²) in [5, 5.41) is 10.0. The lowest BCUT2D eigenvalue weighted by molar-refractivity contribution is 0.0925. The lowest BCUT2D eigenvalue weighted by Crippen LogP contribution is -2.48. The molecule has 26 heavy (non-hydrogen) atoms. The van der Waals surface area contributed by atoms with Crippen LogP contribution in [-0.4, -0.2) is 53.1 Å². The van der Waals surface area contributed by atoms with Gasteiger partial charge in [-0.1, -0.05) is 18.2 Å². The first-order chi connectivity index (χ1) is 12.5. The molecule has 1 aliphatic heterocycles. The van der Waals surface area contributed by atoms with E-state index in [1.165, 1.54) is 0 Å². The van der Waals surface area contributed by atoms with Crippen molar-refractivity contribution in [2.75, 3.05) is 37.6 Å². The van der Waals surface area contributed by atoms with Crippen molar-refractivity contribution in [1.82, 2.24) is 9.47 Å². The van der Waals surface area contributed by atoms with Crippen molar-refractivity contribution >= 4 is 11.5 Å². The summed E-state index contributed by atoms with van der Waals surface area (Å²) in [5.74, 6) is 0.483. The van der Waals surface area contributed by atoms with E-state index < -0.39 is 0 Å². The maximum Gasteiger partial charge on any atom is 0.178 e. The van der Waals surface area contributed by atoms with E-state index in [1.54, 1.807) is 6.07 Å². The van der Waals surface area contributed by atoms with Gasteiger partial charge in [-0.05, 0) is 32.0 Å². The van der Waals surface area contributed by atoms with Crippen molar-refractivity contribution in [3.63, 3.8) is 0 Å². The second-order valence-corrected chi connectivity index (χ2v) is 6.86. The molecule has 5 nitrogen and oxygen atoms in total. The van der Waals surface area contributed by atoms with Crippen LogP contribution in [0, 0.1) is 13.8 Å². The van der Waals surface area contributed by atoms with E-state index in [4.69, 9.17) is 0 Å². The van der Waals surface area contributed by atoms with Crippen LogP contribution in [0.25, 0.3) is 0 Å². The predicted octanol–water partition coefficient (Wildman–Crippen LogP) is 3.00. The Morgan fingerprint density at radius 1 is 1.19 bits per heavy atom. The van der Waals surface area contributed by atoms with Gasteiger partial charge in [-0.2, -0.15) is 0 Å². The fourth-order valence-electron chi connectivity index (χ4n) is 3.66. The van der Waals surface area contributed by atoms with Crippen LogP contribution in [-0.2, 0) is 6.54 Å². The number of piperazine rings is 1. The maximum absolute atomic E-state index is 12.8. The number of benzene rings is 1. The van der Waals surface area contributed by atoms with Gasteiger partial charge in [0, 0.05) is 49.7 Å². The molecule has 3 rings (SSSR count). The minimum atomic E-state index is 0.171. The van der Waals surface area contributed by atoms with E-state index >= 15 is 0 Å². The Morgan fingerprint density at radius 3 is 2.54 bits per heavy atom. The zero-order valence-electron chi connectivity index (χ0n) is 15.6. The molecule has 0 unspecified atom stereocenters. The van der Waals surface area contributed by atoms with E-state index in [1.807, 2.05) is 44.2 Å². The average molecular weight is 353 g/mol. The number of nitrogens with zero attached hydrogens (tertiary/aromatic N) is 3. The zero-order valence-corrected chi connectivity index (χ0v) is 15.6. The standard InChI is InChI=1S/C21H27N3O2/c1-4-9-24-16(2)14-18(17(24)3)21(26)15-22-10-12-23(13-11-22)19-7-5-6-8-20(19)25/h4-8,14,25H,1,9-13,15H2,2-3H3. The number of aromatic nitrogens is 1. The highest BCUT2D eigenvalue weighted by atomic mass is 16.3. The third-order valence-electron chi connectivity index (χ3n) is 5.15. The van der Waals surface area contributed by atoms with Crippen LogP contribution in [0.5, 0.6) is 5.75 Å². The quantitative estimate of drug-likeness (QED) is 0.641. The third-order valence-corrected chi connectivity index (χ3v) is 5.15. The van der Waals surface area contributed by atoms with Crippen LogP contribution in [0.1, 0.15) is 21.7 Å². The minimum Gasteiger partial charge on any atom is -0.506 e. The SMILES string of the molecule is C=CCn1c(C)cc(C(=O)CN2CCN(c3ccccc3O)CC2)c1C. The second-order valence-electron chi connectivity index (χ2n) is 6.86. The number of hydrogen-bond donors (Lipinski definition) is 1. The smallest absolute Gasteiger partial charge is 0.178 e. The predicted molar refractivity (Wildman–Crippen MR) is 105 cm³/mol. The highest BCUT2D eigenvalue weighted by Crippen LogP contribution is 2.27. The van der Waals surface area contributed by atoms with Crippen LogP contribution < -0.4 is 4.90 Å². The normalized spacial score (nSPS) is 15.2. The van der Waals surface area contributed by atoms with Crippen LogP contribution >= 0.6 is 0 Å². The third kappa shape index (κ3) is 3.68. The lowest BCUT2D eigenvalue weighted by atomic mass is 10.1. The number of ketones is 1. The van der Waals surface area contributed by atoms with Gasteiger partial charge in [-0.3, -0.25) is 9.69 Å². The van der Waals surface area contributed by atoms with Crippen molar-refractivity contribution in [2.45, 2.75) is 20.4 Å². The summed E-state index contributed by atoms with van der Waals surface area (Å²) < 4.78 is 2.12. The second kappa shape index (κ2) is 7.79. The number of phenols is 1. The molecular weight excluding hydrogens is 326 g/mol. The Bertz CT molecular complexity index is 802. The number of hydrogen-bond acceptors (Lipinski definition) is 4. The number of para-hydroxylation sites is 2. The summed E-state index contributed by atoms with van der Waals surface area (Å²) in [6, 6.07) is 9.40. The fourth-order valence-corrected chi connectivity index (χ4v) is 3.66. The Morgan fingerprint density at radius 2 is 1.88 bits per heavy atom. The molecule has 138 valence electrons. The first-order valence-electron chi connectivity index (χ1n) is 9.07. The summed E-state index contributed by atoms with van der Waals surface area (Å²) >= 11 is 0. The number of allylic oxidation sites excluding steroid dienone is 1. The molecule has 0 saturated carbocycles. The Kier molecular flexibility index (Phi) is 5.47. The van der Waals surface area contributed by atoms with E-state index in [0.717, 1.165) is 55.4 Å². The zero-order chi connectivity index (χ0) is 18.7. The van der Waals surface area contributed by atoms with Gasteiger partial charge in [0.05, 0.1) is 12.2 Å². The van der Waals surface area contributed by atoms with Gasteiger partial charge in [0.25, 0.3) is 0 Å². The maximum atomic E-state index is 12.8. The monoisotopic (exact) mass is 353 g/mol. The molecule has 0 amide bonds. The molecular formula is C21H27N3O2. The minimum absolute atomic E-state index is 0.171. The van der Waals surface area contributed by atoms with Crippen LogP contribution in [0.15, 0.2) is 43.0 Å². The molecule has 0 radical (unpaired) electrons. The number of aromatic hydroxyl groups is 1. The van der Waals surface area contributed by atoms with Gasteiger partial charge in [0.2, 0.25) is 0 Å². The Hall–Kier alpha value is -2.53. The molecule has 0 aliphatic carbocycles. The lowest BCUT2D eigenvalue weighted by Gasteiger charge is -2.35. The molecule has 1 N–H and O–H groups in total. The number of carbonyl (C=O) groups excluding carboxylic acids is 1.